The number of phenolic OH excluding ortho intramolecular Hbond substituents is 1. The van der Waals surface area contributed by atoms with Crippen molar-refractivity contribution in [2.45, 2.75) is 18.5 Å². The minimum atomic E-state index is -1.16. The van der Waals surface area contributed by atoms with E-state index in [9.17, 15) is 14.7 Å². The summed E-state index contributed by atoms with van der Waals surface area (Å²) in [6.45, 7) is 0. The summed E-state index contributed by atoms with van der Waals surface area (Å²) in [7, 11) is 0. The minimum absolute atomic E-state index is 0.0273. The van der Waals surface area contributed by atoms with Gasteiger partial charge in [-0.2, -0.15) is 12.6 Å². The van der Waals surface area contributed by atoms with Crippen LogP contribution in [0.1, 0.15) is 16.1 Å². The number of aromatic nitrogens is 1. The highest BCUT2D eigenvalue weighted by Crippen LogP contribution is 2.27. The Balaban J connectivity index is 2.57. The number of carbonyl (C=O) groups excluding carboxylic acids is 1. The average molecular weight is 323 g/mol. The second-order valence-electron chi connectivity index (χ2n) is 5.01. The number of carbonyl (C=O) groups is 2. The van der Waals surface area contributed by atoms with E-state index in [1.807, 2.05) is 0 Å². The number of H-pyrrole nitrogens is 1. The third-order valence-electron chi connectivity index (χ3n) is 3.41. The van der Waals surface area contributed by atoms with Gasteiger partial charge in [0.15, 0.2) is 5.78 Å². The number of thiol groups is 1. The maximum absolute atomic E-state index is 12.3. The molecule has 0 radical (unpaired) electrons. The Kier molecular flexibility index (Phi) is 4.74. The number of benzene rings is 1. The topological polar surface area (TPSA) is 142 Å². The molecule has 8 heteroatoms. The van der Waals surface area contributed by atoms with Crippen molar-refractivity contribution < 1.29 is 19.8 Å². The Labute approximate surface area is 131 Å². The fourth-order valence-electron chi connectivity index (χ4n) is 2.24. The molecule has 0 aliphatic carbocycles. The predicted molar refractivity (Wildman–Crippen MR) is 85.4 cm³/mol. The van der Waals surface area contributed by atoms with Crippen LogP contribution in [0.5, 0.6) is 5.75 Å². The SMILES string of the molecule is N[C@@H](Cc1c(C(=O)[C@@H](N)CS)[nH]c2cc(O)ccc12)C(=O)O. The van der Waals surface area contributed by atoms with Crippen LogP contribution in [0.4, 0.5) is 0 Å². The van der Waals surface area contributed by atoms with Gasteiger partial charge in [0.05, 0.1) is 11.7 Å². The molecule has 2 aromatic rings. The Morgan fingerprint density at radius 3 is 2.55 bits per heavy atom. The van der Waals surface area contributed by atoms with Gasteiger partial charge in [0, 0.05) is 29.1 Å². The molecule has 22 heavy (non-hydrogen) atoms. The van der Waals surface area contributed by atoms with E-state index in [1.165, 1.54) is 12.1 Å². The van der Waals surface area contributed by atoms with Crippen LogP contribution in [0, 0.1) is 0 Å². The van der Waals surface area contributed by atoms with Crippen LogP contribution >= 0.6 is 12.6 Å². The summed E-state index contributed by atoms with van der Waals surface area (Å²) >= 11 is 4.00. The molecule has 1 aromatic heterocycles. The van der Waals surface area contributed by atoms with E-state index in [0.717, 1.165) is 0 Å². The number of aliphatic carboxylic acids is 1. The number of carboxylic acids is 1. The number of nitrogens with one attached hydrogen (secondary N) is 1. The quantitative estimate of drug-likeness (QED) is 0.333. The highest BCUT2D eigenvalue weighted by molar-refractivity contribution is 7.80. The molecule has 1 aromatic carbocycles. The van der Waals surface area contributed by atoms with Gasteiger partial charge in [-0.25, -0.2) is 0 Å². The van der Waals surface area contributed by atoms with Crippen LogP contribution < -0.4 is 11.5 Å². The minimum Gasteiger partial charge on any atom is -0.508 e. The molecular formula is C14H17N3O4S. The van der Waals surface area contributed by atoms with E-state index in [2.05, 4.69) is 17.6 Å². The molecule has 2 rings (SSSR count). The molecule has 0 bridgehead atoms. The summed E-state index contributed by atoms with van der Waals surface area (Å²) < 4.78 is 0. The molecule has 0 aliphatic heterocycles. The van der Waals surface area contributed by atoms with Crippen LogP contribution in [-0.2, 0) is 11.2 Å². The van der Waals surface area contributed by atoms with Gasteiger partial charge in [0.25, 0.3) is 0 Å². The molecule has 0 saturated heterocycles. The molecule has 7 nitrogen and oxygen atoms in total. The maximum atomic E-state index is 12.3. The molecule has 0 saturated carbocycles. The number of nitrogens with two attached hydrogens (primary N) is 2. The Bertz CT molecular complexity index is 728. The zero-order valence-electron chi connectivity index (χ0n) is 11.6. The molecule has 0 amide bonds. The second kappa shape index (κ2) is 6.39. The average Bonchev–Trinajstić information content (AvgIpc) is 2.83. The fraction of sp³-hybridized carbons (Fsp3) is 0.286. The third kappa shape index (κ3) is 3.08. The third-order valence-corrected chi connectivity index (χ3v) is 3.80. The Hall–Kier alpha value is -2.03. The summed E-state index contributed by atoms with van der Waals surface area (Å²) in [5, 5.41) is 19.1. The van der Waals surface area contributed by atoms with Gasteiger partial charge in [-0.1, -0.05) is 0 Å². The molecule has 2 atom stereocenters. The molecule has 0 aliphatic rings. The smallest absolute Gasteiger partial charge is 0.320 e. The van der Waals surface area contributed by atoms with Crippen molar-refractivity contribution in [2.75, 3.05) is 5.75 Å². The van der Waals surface area contributed by atoms with Crippen molar-refractivity contribution in [3.8, 4) is 5.75 Å². The number of ketones is 1. The summed E-state index contributed by atoms with van der Waals surface area (Å²) in [6.07, 6.45) is -0.0273. The summed E-state index contributed by atoms with van der Waals surface area (Å²) in [4.78, 5) is 26.2. The summed E-state index contributed by atoms with van der Waals surface area (Å²) in [5.41, 5.74) is 12.5. The number of hydrogen-bond donors (Lipinski definition) is 6. The number of aromatic amines is 1. The van der Waals surface area contributed by atoms with E-state index in [-0.39, 0.29) is 29.4 Å². The Morgan fingerprint density at radius 1 is 1.27 bits per heavy atom. The molecule has 7 N–H and O–H groups in total. The monoisotopic (exact) mass is 323 g/mol. The van der Waals surface area contributed by atoms with Crippen molar-refractivity contribution in [3.63, 3.8) is 0 Å². The number of Topliss-reactive ketones (excluding diaryl/α,β-unsaturated/α-hetero) is 1. The van der Waals surface area contributed by atoms with Crippen molar-refractivity contribution >= 4 is 35.3 Å². The number of hydrogen-bond acceptors (Lipinski definition) is 6. The highest BCUT2D eigenvalue weighted by Gasteiger charge is 2.25. The fourth-order valence-corrected chi connectivity index (χ4v) is 2.41. The van der Waals surface area contributed by atoms with Crippen molar-refractivity contribution in [1.29, 1.82) is 0 Å². The lowest BCUT2D eigenvalue weighted by atomic mass is 9.99. The summed E-state index contributed by atoms with van der Waals surface area (Å²) in [5.74, 6) is -1.35. The van der Waals surface area contributed by atoms with Gasteiger partial charge in [-0.15, -0.1) is 0 Å². The zero-order valence-corrected chi connectivity index (χ0v) is 12.5. The first-order valence-electron chi connectivity index (χ1n) is 6.57. The number of carboxylic acid groups (broad SMARTS) is 1. The van der Waals surface area contributed by atoms with Gasteiger partial charge in [0.2, 0.25) is 0 Å². The van der Waals surface area contributed by atoms with Crippen LogP contribution in [-0.4, -0.2) is 44.8 Å². The number of aromatic hydroxyl groups is 1. The van der Waals surface area contributed by atoms with Gasteiger partial charge in [-0.3, -0.25) is 9.59 Å². The standard InChI is InChI=1S/C14H17N3O4S/c15-9(14(20)21)4-8-7-2-1-6(18)3-11(7)17-12(8)13(19)10(16)5-22/h1-3,9-10,17-18,22H,4-5,15-16H2,(H,20,21)/t9-,10-/m0/s1. The molecule has 0 fully saturated rings. The van der Waals surface area contributed by atoms with E-state index in [0.29, 0.717) is 16.5 Å². The number of phenols is 1. The van der Waals surface area contributed by atoms with Crippen LogP contribution in [0.15, 0.2) is 18.2 Å². The van der Waals surface area contributed by atoms with Crippen LogP contribution in [0.3, 0.4) is 0 Å². The van der Waals surface area contributed by atoms with Gasteiger partial charge >= 0.3 is 5.97 Å². The van der Waals surface area contributed by atoms with E-state index in [1.54, 1.807) is 6.07 Å². The largest absolute Gasteiger partial charge is 0.508 e. The summed E-state index contributed by atoms with van der Waals surface area (Å²) in [6, 6.07) is 2.55. The highest BCUT2D eigenvalue weighted by atomic mass is 32.1. The molecule has 0 spiro atoms. The lowest BCUT2D eigenvalue weighted by molar-refractivity contribution is -0.138. The second-order valence-corrected chi connectivity index (χ2v) is 5.38. The zero-order chi connectivity index (χ0) is 16.4. The van der Waals surface area contributed by atoms with E-state index < -0.39 is 18.1 Å². The first kappa shape index (κ1) is 16.3. The van der Waals surface area contributed by atoms with Crippen molar-refractivity contribution in [1.82, 2.24) is 4.98 Å². The van der Waals surface area contributed by atoms with E-state index >= 15 is 0 Å². The molecule has 118 valence electrons. The van der Waals surface area contributed by atoms with Crippen LogP contribution in [0.25, 0.3) is 10.9 Å². The number of rotatable bonds is 6. The molecule has 0 unspecified atom stereocenters. The lowest BCUT2D eigenvalue weighted by Gasteiger charge is -2.10. The number of fused-ring (bicyclic) bond motifs is 1. The normalized spacial score (nSPS) is 14.0. The molecule has 1 heterocycles. The van der Waals surface area contributed by atoms with Crippen LogP contribution in [0.2, 0.25) is 0 Å². The predicted octanol–water partition coefficient (Wildman–Crippen LogP) is 0.268. The molecular weight excluding hydrogens is 306 g/mol. The van der Waals surface area contributed by atoms with Gasteiger partial charge < -0.3 is 26.7 Å². The van der Waals surface area contributed by atoms with E-state index in [4.69, 9.17) is 16.6 Å². The lowest BCUT2D eigenvalue weighted by Crippen LogP contribution is -2.35. The Morgan fingerprint density at radius 2 is 1.95 bits per heavy atom. The first-order valence-corrected chi connectivity index (χ1v) is 7.21. The van der Waals surface area contributed by atoms with Gasteiger partial charge in [-0.05, 0) is 17.7 Å². The first-order chi connectivity index (χ1) is 10.3. The van der Waals surface area contributed by atoms with Gasteiger partial charge in [0.1, 0.15) is 11.8 Å². The van der Waals surface area contributed by atoms with Crippen molar-refractivity contribution in [2.24, 2.45) is 11.5 Å². The van der Waals surface area contributed by atoms with Crippen molar-refractivity contribution in [3.05, 3.63) is 29.5 Å². The maximum Gasteiger partial charge on any atom is 0.320 e.